The number of carbonyl (C=O) groups excluding carboxylic acids is 1. The number of rotatable bonds is 6. The van der Waals surface area contributed by atoms with Crippen LogP contribution in [0.1, 0.15) is 5.56 Å². The van der Waals surface area contributed by atoms with E-state index in [1.165, 1.54) is 12.1 Å². The summed E-state index contributed by atoms with van der Waals surface area (Å²) in [6.45, 7) is 4.13. The Morgan fingerprint density at radius 2 is 1.81 bits per heavy atom. The van der Waals surface area contributed by atoms with Crippen molar-refractivity contribution in [2.24, 2.45) is 0 Å². The lowest BCUT2D eigenvalue weighted by molar-refractivity contribution is -0.133. The fourth-order valence-electron chi connectivity index (χ4n) is 3.21. The van der Waals surface area contributed by atoms with Gasteiger partial charge < -0.3 is 19.9 Å². The highest BCUT2D eigenvalue weighted by Gasteiger charge is 2.22. The molecule has 1 fully saturated rings. The monoisotopic (exact) mass is 422 g/mol. The van der Waals surface area contributed by atoms with Crippen LogP contribution in [0, 0.1) is 12.7 Å². The topological polar surface area (TPSA) is 83.5 Å². The Balaban J connectivity index is 1.26. The molecule has 0 aliphatic carbocycles. The summed E-state index contributed by atoms with van der Waals surface area (Å²) in [6, 6.07) is 13.7. The summed E-state index contributed by atoms with van der Waals surface area (Å²) in [5.74, 6) is 1.50. The van der Waals surface area contributed by atoms with E-state index in [-0.39, 0.29) is 18.3 Å². The quantitative estimate of drug-likeness (QED) is 0.654. The molecule has 31 heavy (non-hydrogen) atoms. The first-order valence-corrected chi connectivity index (χ1v) is 10.0. The van der Waals surface area contributed by atoms with Crippen molar-refractivity contribution in [3.8, 4) is 5.75 Å². The number of nitrogens with zero attached hydrogens (tertiary/aromatic N) is 5. The minimum absolute atomic E-state index is 0.0827. The van der Waals surface area contributed by atoms with Crippen LogP contribution >= 0.6 is 0 Å². The van der Waals surface area contributed by atoms with E-state index in [1.807, 2.05) is 31.2 Å². The molecular weight excluding hydrogens is 399 g/mol. The van der Waals surface area contributed by atoms with E-state index in [1.54, 1.807) is 23.2 Å². The smallest absolute Gasteiger partial charge is 0.260 e. The number of amides is 1. The van der Waals surface area contributed by atoms with E-state index >= 15 is 0 Å². The van der Waals surface area contributed by atoms with Crippen molar-refractivity contribution >= 4 is 23.4 Å². The second kappa shape index (κ2) is 9.38. The fourth-order valence-corrected chi connectivity index (χ4v) is 3.21. The first kappa shape index (κ1) is 20.5. The standard InChI is InChI=1S/C22H23FN6O2/c1-16-6-7-19(24-14-16)25-20-8-9-21(27-26-20)28-10-12-29(13-11-28)22(30)15-31-18-5-3-2-4-17(18)23/h2-9,14H,10-13,15H2,1H3,(H,24,25,26). The van der Waals surface area contributed by atoms with E-state index in [2.05, 4.69) is 25.4 Å². The highest BCUT2D eigenvalue weighted by Crippen LogP contribution is 2.18. The lowest BCUT2D eigenvalue weighted by Gasteiger charge is -2.35. The third-order valence-corrected chi connectivity index (χ3v) is 4.96. The van der Waals surface area contributed by atoms with E-state index in [9.17, 15) is 9.18 Å². The molecule has 0 bridgehead atoms. The van der Waals surface area contributed by atoms with Crippen LogP contribution in [0.4, 0.5) is 21.8 Å². The number of hydrogen-bond acceptors (Lipinski definition) is 7. The number of nitrogens with one attached hydrogen (secondary N) is 1. The Morgan fingerprint density at radius 1 is 1.03 bits per heavy atom. The van der Waals surface area contributed by atoms with E-state index in [0.29, 0.717) is 37.8 Å². The van der Waals surface area contributed by atoms with Crippen molar-refractivity contribution in [1.82, 2.24) is 20.1 Å². The Bertz CT molecular complexity index is 1020. The normalized spacial score (nSPS) is 13.7. The zero-order chi connectivity index (χ0) is 21.6. The summed E-state index contributed by atoms with van der Waals surface area (Å²) >= 11 is 0. The number of benzene rings is 1. The molecule has 0 atom stereocenters. The number of para-hydroxylation sites is 1. The molecule has 9 heteroatoms. The molecule has 0 saturated carbocycles. The van der Waals surface area contributed by atoms with Crippen molar-refractivity contribution in [3.05, 3.63) is 66.1 Å². The Morgan fingerprint density at radius 3 is 2.48 bits per heavy atom. The fraction of sp³-hybridized carbons (Fsp3) is 0.273. The number of ether oxygens (including phenoxy) is 1. The molecule has 1 aliphatic heterocycles. The number of hydrogen-bond donors (Lipinski definition) is 1. The van der Waals surface area contributed by atoms with Gasteiger partial charge in [-0.3, -0.25) is 4.79 Å². The minimum Gasteiger partial charge on any atom is -0.481 e. The van der Waals surface area contributed by atoms with Gasteiger partial charge in [-0.1, -0.05) is 18.2 Å². The summed E-state index contributed by atoms with van der Waals surface area (Å²) in [6.07, 6.45) is 1.78. The van der Waals surface area contributed by atoms with Crippen molar-refractivity contribution in [2.45, 2.75) is 6.92 Å². The second-order valence-corrected chi connectivity index (χ2v) is 7.21. The van der Waals surface area contributed by atoms with Crippen molar-refractivity contribution in [2.75, 3.05) is 43.0 Å². The molecule has 8 nitrogen and oxygen atoms in total. The van der Waals surface area contributed by atoms with Crippen LogP contribution in [0.15, 0.2) is 54.7 Å². The van der Waals surface area contributed by atoms with Gasteiger partial charge in [-0.05, 0) is 42.8 Å². The lowest BCUT2D eigenvalue weighted by atomic mass is 10.3. The first-order valence-electron chi connectivity index (χ1n) is 10.0. The molecule has 0 spiro atoms. The zero-order valence-corrected chi connectivity index (χ0v) is 17.2. The number of piperazine rings is 1. The Hall–Kier alpha value is -3.75. The number of halogens is 1. The molecule has 160 valence electrons. The van der Waals surface area contributed by atoms with Crippen LogP contribution in [0.5, 0.6) is 5.75 Å². The second-order valence-electron chi connectivity index (χ2n) is 7.21. The summed E-state index contributed by atoms with van der Waals surface area (Å²) in [4.78, 5) is 20.5. The van der Waals surface area contributed by atoms with Gasteiger partial charge in [0.2, 0.25) is 0 Å². The highest BCUT2D eigenvalue weighted by atomic mass is 19.1. The van der Waals surface area contributed by atoms with E-state index < -0.39 is 5.82 Å². The van der Waals surface area contributed by atoms with Gasteiger partial charge in [-0.15, -0.1) is 10.2 Å². The lowest BCUT2D eigenvalue weighted by Crippen LogP contribution is -2.50. The van der Waals surface area contributed by atoms with Gasteiger partial charge in [0.25, 0.3) is 5.91 Å². The number of aryl methyl sites for hydroxylation is 1. The van der Waals surface area contributed by atoms with Gasteiger partial charge in [0.05, 0.1) is 0 Å². The average Bonchev–Trinajstić information content (AvgIpc) is 2.80. The van der Waals surface area contributed by atoms with Crippen LogP contribution < -0.4 is 15.0 Å². The molecule has 0 unspecified atom stereocenters. The number of aromatic nitrogens is 3. The molecule has 4 rings (SSSR count). The third kappa shape index (κ3) is 5.25. The van der Waals surface area contributed by atoms with E-state index in [4.69, 9.17) is 4.74 Å². The average molecular weight is 422 g/mol. The summed E-state index contributed by atoms with van der Waals surface area (Å²) < 4.78 is 18.9. The SMILES string of the molecule is Cc1ccc(Nc2ccc(N3CCN(C(=O)COc4ccccc4F)CC3)nn2)nc1. The van der Waals surface area contributed by atoms with Crippen LogP contribution in [0.3, 0.4) is 0 Å². The van der Waals surface area contributed by atoms with Crippen LogP contribution in [0.2, 0.25) is 0 Å². The summed E-state index contributed by atoms with van der Waals surface area (Å²) in [7, 11) is 0. The molecule has 1 aromatic carbocycles. The molecule has 1 N–H and O–H groups in total. The Labute approximate surface area is 179 Å². The van der Waals surface area contributed by atoms with Gasteiger partial charge in [0.1, 0.15) is 5.82 Å². The zero-order valence-electron chi connectivity index (χ0n) is 17.2. The first-order chi connectivity index (χ1) is 15.1. The summed E-state index contributed by atoms with van der Waals surface area (Å²) in [5, 5.41) is 11.6. The van der Waals surface area contributed by atoms with Gasteiger partial charge in [0, 0.05) is 32.4 Å². The van der Waals surface area contributed by atoms with E-state index in [0.717, 1.165) is 11.4 Å². The van der Waals surface area contributed by atoms with Gasteiger partial charge in [0.15, 0.2) is 29.8 Å². The molecule has 3 aromatic rings. The molecule has 1 aliphatic rings. The molecule has 1 saturated heterocycles. The minimum atomic E-state index is -0.477. The maximum atomic E-state index is 13.6. The summed E-state index contributed by atoms with van der Waals surface area (Å²) in [5.41, 5.74) is 1.09. The molecule has 1 amide bonds. The number of pyridine rings is 1. The van der Waals surface area contributed by atoms with Crippen LogP contribution in [-0.4, -0.2) is 58.8 Å². The number of carbonyl (C=O) groups is 1. The predicted molar refractivity (Wildman–Crippen MR) is 115 cm³/mol. The predicted octanol–water partition coefficient (Wildman–Crippen LogP) is 2.79. The molecule has 0 radical (unpaired) electrons. The molecule has 3 heterocycles. The Kier molecular flexibility index (Phi) is 6.21. The van der Waals surface area contributed by atoms with Crippen molar-refractivity contribution in [3.63, 3.8) is 0 Å². The largest absolute Gasteiger partial charge is 0.481 e. The maximum Gasteiger partial charge on any atom is 0.260 e. The third-order valence-electron chi connectivity index (χ3n) is 4.96. The van der Waals surface area contributed by atoms with Gasteiger partial charge >= 0.3 is 0 Å². The van der Waals surface area contributed by atoms with Crippen LogP contribution in [0.25, 0.3) is 0 Å². The van der Waals surface area contributed by atoms with Crippen LogP contribution in [-0.2, 0) is 4.79 Å². The highest BCUT2D eigenvalue weighted by molar-refractivity contribution is 5.78. The van der Waals surface area contributed by atoms with Gasteiger partial charge in [-0.25, -0.2) is 9.37 Å². The molecular formula is C22H23FN6O2. The van der Waals surface area contributed by atoms with Crippen molar-refractivity contribution < 1.29 is 13.9 Å². The molecule has 2 aromatic heterocycles. The maximum absolute atomic E-state index is 13.6. The van der Waals surface area contributed by atoms with Gasteiger partial charge in [-0.2, -0.15) is 0 Å². The number of anilines is 3. The van der Waals surface area contributed by atoms with Crippen molar-refractivity contribution in [1.29, 1.82) is 0 Å².